The number of ether oxygens (including phenoxy) is 3. The van der Waals surface area contributed by atoms with Crippen LogP contribution in [0.15, 0.2) is 48.7 Å². The summed E-state index contributed by atoms with van der Waals surface area (Å²) in [5, 5.41) is 0.916. The summed E-state index contributed by atoms with van der Waals surface area (Å²) in [6, 6.07) is 11.7. The number of aromatic amines is 1. The van der Waals surface area contributed by atoms with Crippen molar-refractivity contribution < 1.29 is 23.4 Å². The molecule has 3 aromatic rings. The fourth-order valence-electron chi connectivity index (χ4n) is 2.51. The maximum atomic E-state index is 13.4. The minimum absolute atomic E-state index is 0.0544. The second-order valence-corrected chi connectivity index (χ2v) is 5.40. The number of benzene rings is 2. The molecule has 0 fully saturated rings. The lowest BCUT2D eigenvalue weighted by atomic mass is 10.1. The molecule has 0 bridgehead atoms. The third kappa shape index (κ3) is 4.09. The molecule has 0 saturated carbocycles. The first-order valence-electron chi connectivity index (χ1n) is 7.84. The van der Waals surface area contributed by atoms with Crippen molar-refractivity contribution in [1.82, 2.24) is 4.98 Å². The van der Waals surface area contributed by atoms with E-state index in [2.05, 4.69) is 4.98 Å². The van der Waals surface area contributed by atoms with Gasteiger partial charge in [0.2, 0.25) is 0 Å². The monoisotopic (exact) mass is 343 g/mol. The quantitative estimate of drug-likeness (QED) is 0.527. The van der Waals surface area contributed by atoms with Crippen LogP contribution < -0.4 is 9.47 Å². The molecule has 0 spiro atoms. The predicted molar refractivity (Wildman–Crippen MR) is 91.4 cm³/mol. The zero-order chi connectivity index (χ0) is 17.6. The van der Waals surface area contributed by atoms with Crippen molar-refractivity contribution >= 4 is 16.9 Å². The lowest BCUT2D eigenvalue weighted by Gasteiger charge is -2.08. The fraction of sp³-hybridized carbons (Fsp3) is 0.211. The van der Waals surface area contributed by atoms with Crippen molar-refractivity contribution in [2.75, 3.05) is 20.3 Å². The number of rotatable bonds is 7. The molecule has 0 saturated heterocycles. The number of para-hydroxylation sites is 1. The van der Waals surface area contributed by atoms with Crippen molar-refractivity contribution in [2.45, 2.75) is 6.42 Å². The zero-order valence-electron chi connectivity index (χ0n) is 13.8. The highest BCUT2D eigenvalue weighted by molar-refractivity contribution is 5.88. The SMILES string of the molecule is COc1ccc2[nH]cc(CC(=O)OCCOc3ccccc3F)c2c1. The standard InChI is InChI=1S/C19H18FNO4/c1-23-14-6-7-17-15(11-14)13(12-21-17)10-19(22)25-9-8-24-18-5-3-2-4-16(18)20/h2-7,11-12,21H,8-10H2,1H3. The lowest BCUT2D eigenvalue weighted by Crippen LogP contribution is -2.14. The van der Waals surface area contributed by atoms with Crippen LogP contribution in [0, 0.1) is 5.82 Å². The van der Waals surface area contributed by atoms with Gasteiger partial charge in [0, 0.05) is 17.1 Å². The van der Waals surface area contributed by atoms with E-state index < -0.39 is 5.82 Å². The number of H-pyrrole nitrogens is 1. The van der Waals surface area contributed by atoms with Gasteiger partial charge in [-0.25, -0.2) is 4.39 Å². The number of nitrogens with one attached hydrogen (secondary N) is 1. The fourth-order valence-corrected chi connectivity index (χ4v) is 2.51. The van der Waals surface area contributed by atoms with Gasteiger partial charge in [-0.15, -0.1) is 0 Å². The van der Waals surface area contributed by atoms with Crippen molar-refractivity contribution in [3.63, 3.8) is 0 Å². The van der Waals surface area contributed by atoms with Crippen LogP contribution in [0.5, 0.6) is 11.5 Å². The van der Waals surface area contributed by atoms with Crippen LogP contribution in [0.4, 0.5) is 4.39 Å². The van der Waals surface area contributed by atoms with Gasteiger partial charge in [0.15, 0.2) is 11.6 Å². The van der Waals surface area contributed by atoms with Gasteiger partial charge >= 0.3 is 5.97 Å². The van der Waals surface area contributed by atoms with E-state index in [1.54, 1.807) is 25.4 Å². The lowest BCUT2D eigenvalue weighted by molar-refractivity contribution is -0.143. The Balaban J connectivity index is 1.52. The van der Waals surface area contributed by atoms with Crippen molar-refractivity contribution in [3.8, 4) is 11.5 Å². The zero-order valence-corrected chi connectivity index (χ0v) is 13.8. The molecule has 1 aromatic heterocycles. The topological polar surface area (TPSA) is 60.6 Å². The highest BCUT2D eigenvalue weighted by Crippen LogP contribution is 2.24. The number of aromatic nitrogens is 1. The Morgan fingerprint density at radius 3 is 2.80 bits per heavy atom. The summed E-state index contributed by atoms with van der Waals surface area (Å²) in [6.45, 7) is 0.146. The molecular weight excluding hydrogens is 325 g/mol. The van der Waals surface area contributed by atoms with Crippen LogP contribution in [0.2, 0.25) is 0 Å². The van der Waals surface area contributed by atoms with Crippen LogP contribution in [0.1, 0.15) is 5.56 Å². The van der Waals surface area contributed by atoms with Gasteiger partial charge in [0.05, 0.1) is 13.5 Å². The minimum Gasteiger partial charge on any atom is -0.497 e. The predicted octanol–water partition coefficient (Wildman–Crippen LogP) is 3.48. The number of carbonyl (C=O) groups is 1. The summed E-state index contributed by atoms with van der Waals surface area (Å²) in [6.07, 6.45) is 1.91. The summed E-state index contributed by atoms with van der Waals surface area (Å²) in [5.41, 5.74) is 1.75. The molecule has 0 aliphatic heterocycles. The van der Waals surface area contributed by atoms with Crippen molar-refractivity contribution in [1.29, 1.82) is 0 Å². The van der Waals surface area contributed by atoms with E-state index in [1.807, 2.05) is 18.2 Å². The van der Waals surface area contributed by atoms with Gasteiger partial charge in [0.25, 0.3) is 0 Å². The number of hydrogen-bond donors (Lipinski definition) is 1. The molecule has 1 heterocycles. The van der Waals surface area contributed by atoms with E-state index in [0.717, 1.165) is 22.2 Å². The molecule has 0 radical (unpaired) electrons. The molecule has 0 aliphatic carbocycles. The third-order valence-electron chi connectivity index (χ3n) is 3.75. The maximum Gasteiger partial charge on any atom is 0.310 e. The molecule has 0 atom stereocenters. The van der Waals surface area contributed by atoms with Gasteiger partial charge in [-0.1, -0.05) is 12.1 Å². The van der Waals surface area contributed by atoms with Gasteiger partial charge < -0.3 is 19.2 Å². The van der Waals surface area contributed by atoms with Crippen LogP contribution in [-0.2, 0) is 16.0 Å². The summed E-state index contributed by atoms with van der Waals surface area (Å²) >= 11 is 0. The van der Waals surface area contributed by atoms with E-state index in [0.29, 0.717) is 0 Å². The normalized spacial score (nSPS) is 10.6. The molecule has 0 unspecified atom stereocenters. The average Bonchev–Trinajstić information content (AvgIpc) is 3.02. The molecule has 25 heavy (non-hydrogen) atoms. The number of methoxy groups -OCH3 is 1. The van der Waals surface area contributed by atoms with E-state index in [9.17, 15) is 9.18 Å². The summed E-state index contributed by atoms with van der Waals surface area (Å²) < 4.78 is 29.0. The first-order valence-corrected chi connectivity index (χ1v) is 7.84. The minimum atomic E-state index is -0.443. The van der Waals surface area contributed by atoms with Crippen molar-refractivity contribution in [3.05, 3.63) is 60.0 Å². The highest BCUT2D eigenvalue weighted by atomic mass is 19.1. The largest absolute Gasteiger partial charge is 0.497 e. The second kappa shape index (κ2) is 7.70. The highest BCUT2D eigenvalue weighted by Gasteiger charge is 2.11. The summed E-state index contributed by atoms with van der Waals surface area (Å²) in [7, 11) is 1.59. The van der Waals surface area contributed by atoms with E-state index >= 15 is 0 Å². The number of fused-ring (bicyclic) bond motifs is 1. The van der Waals surface area contributed by atoms with Crippen LogP contribution >= 0.6 is 0 Å². The Bertz CT molecular complexity index is 875. The average molecular weight is 343 g/mol. The number of esters is 1. The molecule has 2 aromatic carbocycles. The third-order valence-corrected chi connectivity index (χ3v) is 3.75. The molecule has 3 rings (SSSR count). The Hall–Kier alpha value is -3.02. The van der Waals surface area contributed by atoms with Crippen molar-refractivity contribution in [2.24, 2.45) is 0 Å². The Kier molecular flexibility index (Phi) is 5.18. The molecule has 0 aliphatic rings. The first-order chi connectivity index (χ1) is 12.2. The molecule has 5 nitrogen and oxygen atoms in total. The summed E-state index contributed by atoms with van der Waals surface area (Å²) in [4.78, 5) is 15.1. The Labute approximate surface area is 144 Å². The van der Waals surface area contributed by atoms with Crippen LogP contribution in [0.25, 0.3) is 10.9 Å². The van der Waals surface area contributed by atoms with Crippen LogP contribution in [-0.4, -0.2) is 31.3 Å². The molecule has 0 amide bonds. The smallest absolute Gasteiger partial charge is 0.310 e. The second-order valence-electron chi connectivity index (χ2n) is 5.40. The van der Waals surface area contributed by atoms with E-state index in [4.69, 9.17) is 14.2 Å². The molecular formula is C19H18FNO4. The Morgan fingerprint density at radius 1 is 1.16 bits per heavy atom. The number of hydrogen-bond acceptors (Lipinski definition) is 4. The van der Waals surface area contributed by atoms with E-state index in [1.165, 1.54) is 12.1 Å². The van der Waals surface area contributed by atoms with Gasteiger partial charge in [-0.3, -0.25) is 4.79 Å². The van der Waals surface area contributed by atoms with Gasteiger partial charge in [-0.2, -0.15) is 0 Å². The van der Waals surface area contributed by atoms with Gasteiger partial charge in [-0.05, 0) is 35.9 Å². The molecule has 6 heteroatoms. The maximum absolute atomic E-state index is 13.4. The number of halogens is 1. The van der Waals surface area contributed by atoms with E-state index in [-0.39, 0.29) is 31.4 Å². The first kappa shape index (κ1) is 16.8. The van der Waals surface area contributed by atoms with Crippen LogP contribution in [0.3, 0.4) is 0 Å². The number of carbonyl (C=O) groups excluding carboxylic acids is 1. The molecule has 1 N–H and O–H groups in total. The van der Waals surface area contributed by atoms with Gasteiger partial charge in [0.1, 0.15) is 19.0 Å². The summed E-state index contributed by atoms with van der Waals surface area (Å²) in [5.74, 6) is 0.0460. The Morgan fingerprint density at radius 2 is 2.00 bits per heavy atom. The molecule has 130 valence electrons.